The lowest BCUT2D eigenvalue weighted by molar-refractivity contribution is -0.149. The first-order valence-corrected chi connectivity index (χ1v) is 3.93. The molecule has 0 aromatic heterocycles. The molecule has 0 saturated heterocycles. The molecule has 0 spiro atoms. The number of alkyl halides is 1. The fourth-order valence-corrected chi connectivity index (χ4v) is 1.41. The molecule has 1 aliphatic rings. The number of hydrogen-bond acceptors (Lipinski definition) is 2. The van der Waals surface area contributed by atoms with E-state index in [1.165, 1.54) is 6.92 Å². The van der Waals surface area contributed by atoms with Crippen LogP contribution in [0.5, 0.6) is 0 Å². The van der Waals surface area contributed by atoms with Crippen LogP contribution in [0.1, 0.15) is 19.8 Å². The lowest BCUT2D eigenvalue weighted by Gasteiger charge is -2.30. The summed E-state index contributed by atoms with van der Waals surface area (Å²) < 4.78 is 4.91. The molecule has 0 unspecified atom stereocenters. The van der Waals surface area contributed by atoms with Gasteiger partial charge in [-0.05, 0) is 12.8 Å². The molecule has 0 aliphatic heterocycles. The molecule has 1 saturated carbocycles. The molecule has 0 radical (unpaired) electrons. The van der Waals surface area contributed by atoms with E-state index in [2.05, 4.69) is 15.9 Å². The predicted octanol–water partition coefficient (Wildman–Crippen LogP) is 1.48. The van der Waals surface area contributed by atoms with Crippen molar-refractivity contribution in [1.29, 1.82) is 0 Å². The minimum atomic E-state index is -0.177. The third kappa shape index (κ3) is 1.68. The van der Waals surface area contributed by atoms with E-state index in [1.807, 2.05) is 0 Å². The molecule has 0 N–H and O–H groups in total. The van der Waals surface area contributed by atoms with Gasteiger partial charge in [-0.15, -0.1) is 0 Å². The molecule has 0 aromatic carbocycles. The number of esters is 1. The van der Waals surface area contributed by atoms with Gasteiger partial charge in [0.1, 0.15) is 6.10 Å². The van der Waals surface area contributed by atoms with Crippen LogP contribution < -0.4 is 0 Å². The summed E-state index contributed by atoms with van der Waals surface area (Å²) in [5, 5.41) is 0. The molecular weight excluding hydrogens is 184 g/mol. The average molecular weight is 193 g/mol. The maximum absolute atomic E-state index is 10.3. The molecule has 1 aliphatic carbocycles. The Bertz CT molecular complexity index is 124. The topological polar surface area (TPSA) is 26.3 Å². The highest BCUT2D eigenvalue weighted by Gasteiger charge is 2.30. The zero-order valence-electron chi connectivity index (χ0n) is 5.26. The molecule has 0 amide bonds. The first-order valence-electron chi connectivity index (χ1n) is 3.01. The van der Waals surface area contributed by atoms with Gasteiger partial charge in [0.15, 0.2) is 0 Å². The number of halogens is 1. The molecule has 2 nitrogen and oxygen atoms in total. The molecule has 2 atom stereocenters. The van der Waals surface area contributed by atoms with Crippen molar-refractivity contribution in [2.24, 2.45) is 0 Å². The van der Waals surface area contributed by atoms with Crippen LogP contribution in [-0.2, 0) is 9.53 Å². The van der Waals surface area contributed by atoms with Crippen molar-refractivity contribution in [2.45, 2.75) is 30.7 Å². The van der Waals surface area contributed by atoms with E-state index in [0.29, 0.717) is 4.83 Å². The largest absolute Gasteiger partial charge is 0.461 e. The second-order valence-corrected chi connectivity index (χ2v) is 3.42. The second-order valence-electron chi connectivity index (χ2n) is 2.24. The molecule has 0 bridgehead atoms. The molecular formula is C6H9BrO2. The van der Waals surface area contributed by atoms with Crippen molar-refractivity contribution in [3.63, 3.8) is 0 Å². The van der Waals surface area contributed by atoms with E-state index >= 15 is 0 Å². The number of carbonyl (C=O) groups excluding carboxylic acids is 1. The van der Waals surface area contributed by atoms with Gasteiger partial charge >= 0.3 is 5.97 Å². The van der Waals surface area contributed by atoms with Crippen LogP contribution in [0.25, 0.3) is 0 Å². The van der Waals surface area contributed by atoms with Gasteiger partial charge in [0.05, 0.1) is 4.83 Å². The summed E-state index contributed by atoms with van der Waals surface area (Å²) in [7, 11) is 0. The van der Waals surface area contributed by atoms with Gasteiger partial charge in [0.2, 0.25) is 0 Å². The molecule has 9 heavy (non-hydrogen) atoms. The van der Waals surface area contributed by atoms with Crippen LogP contribution in [0.15, 0.2) is 0 Å². The Morgan fingerprint density at radius 1 is 1.67 bits per heavy atom. The molecule has 3 heteroatoms. The summed E-state index contributed by atoms with van der Waals surface area (Å²) in [6, 6.07) is 0. The summed E-state index contributed by atoms with van der Waals surface area (Å²) >= 11 is 3.38. The van der Waals surface area contributed by atoms with Crippen LogP contribution in [0.2, 0.25) is 0 Å². The highest BCUT2D eigenvalue weighted by molar-refractivity contribution is 9.09. The van der Waals surface area contributed by atoms with Crippen molar-refractivity contribution in [1.82, 2.24) is 0 Å². The lowest BCUT2D eigenvalue weighted by Crippen LogP contribution is -2.35. The van der Waals surface area contributed by atoms with Crippen LogP contribution in [0.4, 0.5) is 0 Å². The van der Waals surface area contributed by atoms with Crippen LogP contribution >= 0.6 is 15.9 Å². The van der Waals surface area contributed by atoms with E-state index in [0.717, 1.165) is 12.8 Å². The monoisotopic (exact) mass is 192 g/mol. The zero-order chi connectivity index (χ0) is 6.85. The molecule has 1 fully saturated rings. The third-order valence-corrected chi connectivity index (χ3v) is 2.50. The quantitative estimate of drug-likeness (QED) is 0.465. The van der Waals surface area contributed by atoms with E-state index in [-0.39, 0.29) is 12.1 Å². The molecule has 52 valence electrons. The van der Waals surface area contributed by atoms with Gasteiger partial charge in [0, 0.05) is 6.92 Å². The maximum atomic E-state index is 10.3. The van der Waals surface area contributed by atoms with Crippen LogP contribution in [0.3, 0.4) is 0 Å². The first kappa shape index (κ1) is 7.06. The number of rotatable bonds is 1. The van der Waals surface area contributed by atoms with Gasteiger partial charge < -0.3 is 4.74 Å². The summed E-state index contributed by atoms with van der Waals surface area (Å²) in [6.07, 6.45) is 2.27. The average Bonchev–Trinajstić information content (AvgIpc) is 1.79. The second kappa shape index (κ2) is 2.69. The maximum Gasteiger partial charge on any atom is 0.302 e. The van der Waals surface area contributed by atoms with Crippen molar-refractivity contribution < 1.29 is 9.53 Å². The fraction of sp³-hybridized carbons (Fsp3) is 0.833. The Morgan fingerprint density at radius 2 is 2.33 bits per heavy atom. The molecule has 1 rings (SSSR count). The number of carbonyl (C=O) groups is 1. The van der Waals surface area contributed by atoms with E-state index in [1.54, 1.807) is 0 Å². The lowest BCUT2D eigenvalue weighted by atomic mass is 9.96. The smallest absolute Gasteiger partial charge is 0.302 e. The van der Waals surface area contributed by atoms with Crippen LogP contribution in [-0.4, -0.2) is 16.9 Å². The molecule has 0 heterocycles. The highest BCUT2D eigenvalue weighted by Crippen LogP contribution is 2.29. The number of ether oxygens (including phenoxy) is 1. The van der Waals surface area contributed by atoms with E-state index < -0.39 is 0 Å². The fourth-order valence-electron chi connectivity index (χ4n) is 0.775. The van der Waals surface area contributed by atoms with Crippen molar-refractivity contribution >= 4 is 21.9 Å². The van der Waals surface area contributed by atoms with Gasteiger partial charge in [-0.1, -0.05) is 15.9 Å². The van der Waals surface area contributed by atoms with Gasteiger partial charge in [-0.3, -0.25) is 4.79 Å². The van der Waals surface area contributed by atoms with Gasteiger partial charge in [-0.2, -0.15) is 0 Å². The minimum absolute atomic E-state index is 0.141. The Labute approximate surface area is 62.7 Å². The van der Waals surface area contributed by atoms with Crippen molar-refractivity contribution in [3.05, 3.63) is 0 Å². The van der Waals surface area contributed by atoms with Crippen molar-refractivity contribution in [2.75, 3.05) is 0 Å². The predicted molar refractivity (Wildman–Crippen MR) is 37.5 cm³/mol. The summed E-state index contributed by atoms with van der Waals surface area (Å²) in [5.74, 6) is -0.177. The molecule has 0 aromatic rings. The Balaban J connectivity index is 2.21. The minimum Gasteiger partial charge on any atom is -0.461 e. The van der Waals surface area contributed by atoms with Crippen LogP contribution in [0, 0.1) is 0 Å². The van der Waals surface area contributed by atoms with Gasteiger partial charge in [-0.25, -0.2) is 0 Å². The van der Waals surface area contributed by atoms with Gasteiger partial charge in [0.25, 0.3) is 0 Å². The Morgan fingerprint density at radius 3 is 2.44 bits per heavy atom. The number of hydrogen-bond donors (Lipinski definition) is 0. The highest BCUT2D eigenvalue weighted by atomic mass is 79.9. The first-order chi connectivity index (χ1) is 4.20. The summed E-state index contributed by atoms with van der Waals surface area (Å²) in [6.45, 7) is 1.44. The van der Waals surface area contributed by atoms with E-state index in [4.69, 9.17) is 4.74 Å². The summed E-state index contributed by atoms with van der Waals surface area (Å²) in [5.41, 5.74) is 0. The normalized spacial score (nSPS) is 33.1. The SMILES string of the molecule is CC(=O)O[C@@H]1CC[C@H]1Br. The Hall–Kier alpha value is -0.0500. The van der Waals surface area contributed by atoms with E-state index in [9.17, 15) is 4.79 Å². The summed E-state index contributed by atoms with van der Waals surface area (Å²) in [4.78, 5) is 10.8. The Kier molecular flexibility index (Phi) is 2.11. The third-order valence-electron chi connectivity index (χ3n) is 1.45. The zero-order valence-corrected chi connectivity index (χ0v) is 6.85. The van der Waals surface area contributed by atoms with Crippen molar-refractivity contribution in [3.8, 4) is 0 Å². The standard InChI is InChI=1S/C6H9BrO2/c1-4(8)9-6-3-2-5(6)7/h5-6H,2-3H2,1H3/t5-,6-/m1/s1.